The minimum absolute atomic E-state index is 0. The van der Waals surface area contributed by atoms with E-state index in [0.29, 0.717) is 12.0 Å². The number of hydrogen-bond donors (Lipinski definition) is 1. The van der Waals surface area contributed by atoms with Crippen molar-refractivity contribution in [1.29, 1.82) is 0 Å². The molecule has 1 spiro atoms. The molecule has 2 fully saturated rings. The number of halogens is 1. The highest BCUT2D eigenvalue weighted by Crippen LogP contribution is 2.38. The Hall–Kier alpha value is -2.84. The number of anilines is 1. The van der Waals surface area contributed by atoms with Gasteiger partial charge < -0.3 is 15.0 Å². The SMILES string of the molecule is CCOc1ccc2c3cnn(-c4ccc(N5CCC6(CCNC6)CC5)nc4)c3nn2c1.Cl. The van der Waals surface area contributed by atoms with Crippen molar-refractivity contribution in [3.63, 3.8) is 0 Å². The number of piperidine rings is 1. The topological polar surface area (TPSA) is 72.5 Å². The lowest BCUT2D eigenvalue weighted by Crippen LogP contribution is -2.41. The second kappa shape index (κ2) is 8.26. The Balaban J connectivity index is 0.00000216. The smallest absolute Gasteiger partial charge is 0.185 e. The second-order valence-corrected chi connectivity index (χ2v) is 8.71. The van der Waals surface area contributed by atoms with Crippen LogP contribution in [-0.4, -0.2) is 57.2 Å². The molecule has 8 nitrogen and oxygen atoms in total. The monoisotopic (exact) mass is 453 g/mol. The third kappa shape index (κ3) is 3.47. The molecule has 4 aromatic heterocycles. The molecule has 32 heavy (non-hydrogen) atoms. The van der Waals surface area contributed by atoms with E-state index in [-0.39, 0.29) is 12.4 Å². The zero-order valence-electron chi connectivity index (χ0n) is 18.2. The average molecular weight is 454 g/mol. The van der Waals surface area contributed by atoms with Gasteiger partial charge in [0.25, 0.3) is 0 Å². The van der Waals surface area contributed by atoms with Crippen LogP contribution in [0.25, 0.3) is 22.2 Å². The van der Waals surface area contributed by atoms with Crippen LogP contribution in [-0.2, 0) is 0 Å². The van der Waals surface area contributed by atoms with Crippen LogP contribution in [0.15, 0.2) is 42.9 Å². The van der Waals surface area contributed by atoms with E-state index in [1.807, 2.05) is 46.8 Å². The highest BCUT2D eigenvalue weighted by atomic mass is 35.5. The first-order chi connectivity index (χ1) is 15.2. The summed E-state index contributed by atoms with van der Waals surface area (Å²) in [6.45, 7) is 7.11. The largest absolute Gasteiger partial charge is 0.492 e. The van der Waals surface area contributed by atoms with Crippen molar-refractivity contribution in [3.05, 3.63) is 42.9 Å². The van der Waals surface area contributed by atoms with E-state index in [2.05, 4.69) is 27.4 Å². The van der Waals surface area contributed by atoms with E-state index >= 15 is 0 Å². The lowest BCUT2D eigenvalue weighted by Gasteiger charge is -2.39. The molecule has 9 heteroatoms. The van der Waals surface area contributed by atoms with Gasteiger partial charge in [-0.25, -0.2) is 14.2 Å². The van der Waals surface area contributed by atoms with Crippen molar-refractivity contribution >= 4 is 34.8 Å². The summed E-state index contributed by atoms with van der Waals surface area (Å²) in [7, 11) is 0. The molecule has 0 amide bonds. The van der Waals surface area contributed by atoms with E-state index in [1.54, 1.807) is 0 Å². The molecule has 0 atom stereocenters. The maximum atomic E-state index is 5.60. The van der Waals surface area contributed by atoms with Crippen molar-refractivity contribution in [2.45, 2.75) is 26.2 Å². The van der Waals surface area contributed by atoms with Gasteiger partial charge in [-0.15, -0.1) is 17.5 Å². The number of nitrogens with zero attached hydrogens (tertiary/aromatic N) is 6. The molecule has 6 rings (SSSR count). The highest BCUT2D eigenvalue weighted by Gasteiger charge is 2.37. The summed E-state index contributed by atoms with van der Waals surface area (Å²) in [5.74, 6) is 1.85. The van der Waals surface area contributed by atoms with Gasteiger partial charge in [-0.1, -0.05) is 0 Å². The highest BCUT2D eigenvalue weighted by molar-refractivity contribution is 5.92. The van der Waals surface area contributed by atoms with Gasteiger partial charge in [0.05, 0.1) is 41.8 Å². The molecule has 0 saturated carbocycles. The van der Waals surface area contributed by atoms with E-state index in [1.165, 1.54) is 32.4 Å². The molecular weight excluding hydrogens is 426 g/mol. The summed E-state index contributed by atoms with van der Waals surface area (Å²) in [5.41, 5.74) is 3.26. The number of pyridine rings is 2. The molecule has 2 aliphatic heterocycles. The molecule has 168 valence electrons. The fourth-order valence-electron chi connectivity index (χ4n) is 5.05. The molecule has 0 aromatic carbocycles. The average Bonchev–Trinajstić information content (AvgIpc) is 3.50. The predicted octanol–water partition coefficient (Wildman–Crippen LogP) is 3.47. The summed E-state index contributed by atoms with van der Waals surface area (Å²) in [6.07, 6.45) is 9.48. The molecule has 2 aliphatic rings. The first-order valence-corrected chi connectivity index (χ1v) is 11.2. The van der Waals surface area contributed by atoms with Crippen LogP contribution in [0.1, 0.15) is 26.2 Å². The van der Waals surface area contributed by atoms with Crippen LogP contribution in [0.4, 0.5) is 5.82 Å². The van der Waals surface area contributed by atoms with E-state index < -0.39 is 0 Å². The third-order valence-corrected chi connectivity index (χ3v) is 6.89. The summed E-state index contributed by atoms with van der Waals surface area (Å²) < 4.78 is 9.32. The van der Waals surface area contributed by atoms with Crippen molar-refractivity contribution < 1.29 is 4.74 Å². The Morgan fingerprint density at radius 3 is 2.69 bits per heavy atom. The molecule has 0 aliphatic carbocycles. The number of nitrogens with one attached hydrogen (secondary N) is 1. The summed E-state index contributed by atoms with van der Waals surface area (Å²) in [5, 5.41) is 13.9. The van der Waals surface area contributed by atoms with Gasteiger partial charge in [0.2, 0.25) is 0 Å². The fraction of sp³-hybridized carbons (Fsp3) is 0.435. The van der Waals surface area contributed by atoms with Gasteiger partial charge in [0.1, 0.15) is 11.6 Å². The minimum atomic E-state index is 0. The Morgan fingerprint density at radius 2 is 1.97 bits per heavy atom. The minimum Gasteiger partial charge on any atom is -0.492 e. The molecular formula is C23H28ClN7O. The van der Waals surface area contributed by atoms with Crippen LogP contribution in [0, 0.1) is 5.41 Å². The van der Waals surface area contributed by atoms with Crippen molar-refractivity contribution in [2.24, 2.45) is 5.41 Å². The van der Waals surface area contributed by atoms with Crippen molar-refractivity contribution in [1.82, 2.24) is 29.7 Å². The fourth-order valence-corrected chi connectivity index (χ4v) is 5.05. The van der Waals surface area contributed by atoms with Gasteiger partial charge in [0.15, 0.2) is 5.65 Å². The van der Waals surface area contributed by atoms with Crippen LogP contribution < -0.4 is 15.0 Å². The zero-order chi connectivity index (χ0) is 20.8. The zero-order valence-corrected chi connectivity index (χ0v) is 19.0. The van der Waals surface area contributed by atoms with Gasteiger partial charge in [-0.05, 0) is 62.4 Å². The number of aromatic nitrogens is 5. The van der Waals surface area contributed by atoms with Gasteiger partial charge in [-0.2, -0.15) is 5.10 Å². The maximum absolute atomic E-state index is 5.60. The summed E-state index contributed by atoms with van der Waals surface area (Å²) in [4.78, 5) is 7.18. The van der Waals surface area contributed by atoms with E-state index in [4.69, 9.17) is 14.8 Å². The Labute approximate surface area is 193 Å². The van der Waals surface area contributed by atoms with E-state index in [0.717, 1.165) is 46.9 Å². The lowest BCUT2D eigenvalue weighted by molar-refractivity contribution is 0.247. The van der Waals surface area contributed by atoms with Crippen molar-refractivity contribution in [2.75, 3.05) is 37.7 Å². The normalized spacial score (nSPS) is 17.8. The molecule has 4 aromatic rings. The summed E-state index contributed by atoms with van der Waals surface area (Å²) in [6, 6.07) is 8.19. The molecule has 0 radical (unpaired) electrons. The Bertz CT molecular complexity index is 1220. The maximum Gasteiger partial charge on any atom is 0.185 e. The van der Waals surface area contributed by atoms with Crippen LogP contribution in [0.3, 0.4) is 0 Å². The Kier molecular flexibility index (Phi) is 5.43. The quantitative estimate of drug-likeness (QED) is 0.510. The number of fused-ring (bicyclic) bond motifs is 3. The molecule has 6 heterocycles. The number of rotatable bonds is 4. The first kappa shape index (κ1) is 21.0. The second-order valence-electron chi connectivity index (χ2n) is 8.71. The Morgan fingerprint density at radius 1 is 1.09 bits per heavy atom. The van der Waals surface area contributed by atoms with Crippen LogP contribution >= 0.6 is 12.4 Å². The van der Waals surface area contributed by atoms with Crippen LogP contribution in [0.2, 0.25) is 0 Å². The van der Waals surface area contributed by atoms with E-state index in [9.17, 15) is 0 Å². The van der Waals surface area contributed by atoms with Gasteiger partial charge in [0, 0.05) is 19.6 Å². The number of ether oxygens (including phenoxy) is 1. The third-order valence-electron chi connectivity index (χ3n) is 6.89. The van der Waals surface area contributed by atoms with Gasteiger partial charge >= 0.3 is 0 Å². The standard InChI is InChI=1S/C23H27N7O.ClH/c1-2-31-18-4-5-20-19-14-26-30(22(19)27-29(20)15-18)17-3-6-21(25-13-17)28-11-8-23(9-12-28)7-10-24-16-23;/h3-6,13-15,24H,2,7-12,16H2,1H3;1H. The van der Waals surface area contributed by atoms with Crippen LogP contribution in [0.5, 0.6) is 5.75 Å². The van der Waals surface area contributed by atoms with Crippen molar-refractivity contribution in [3.8, 4) is 11.4 Å². The first-order valence-electron chi connectivity index (χ1n) is 11.2. The molecule has 1 N–H and O–H groups in total. The molecule has 2 saturated heterocycles. The molecule has 0 bridgehead atoms. The summed E-state index contributed by atoms with van der Waals surface area (Å²) >= 11 is 0. The van der Waals surface area contributed by atoms with Gasteiger partial charge in [-0.3, -0.25) is 0 Å². The number of hydrogen-bond acceptors (Lipinski definition) is 6. The predicted molar refractivity (Wildman–Crippen MR) is 127 cm³/mol. The molecule has 0 unspecified atom stereocenters. The lowest BCUT2D eigenvalue weighted by atomic mass is 9.78.